The Hall–Kier alpha value is -3.55. The van der Waals surface area contributed by atoms with Crippen LogP contribution in [0.3, 0.4) is 0 Å². The van der Waals surface area contributed by atoms with Crippen LogP contribution in [0.5, 0.6) is 0 Å². The molecular weight excluding hydrogens is 391 g/mol. The fourth-order valence-electron chi connectivity index (χ4n) is 3.09. The Kier molecular flexibility index (Phi) is 6.25. The number of benzene rings is 2. The number of esters is 1. The fraction of sp³-hybridized carbons (Fsp3) is 0.273. The summed E-state index contributed by atoms with van der Waals surface area (Å²) in [7, 11) is 0. The van der Waals surface area contributed by atoms with Crippen molar-refractivity contribution < 1.29 is 28.3 Å². The third kappa shape index (κ3) is 4.37. The molecule has 1 atom stereocenters. The van der Waals surface area contributed by atoms with Crippen LogP contribution in [0.4, 0.5) is 4.39 Å². The Morgan fingerprint density at radius 3 is 2.10 bits per heavy atom. The summed E-state index contributed by atoms with van der Waals surface area (Å²) >= 11 is 0. The molecule has 0 aliphatic carbocycles. The van der Waals surface area contributed by atoms with Gasteiger partial charge in [0.15, 0.2) is 0 Å². The molecule has 0 spiro atoms. The third-order valence-electron chi connectivity index (χ3n) is 4.75. The van der Waals surface area contributed by atoms with Crippen molar-refractivity contribution in [2.45, 2.75) is 19.9 Å². The van der Waals surface area contributed by atoms with Crippen LogP contribution in [-0.2, 0) is 9.53 Å². The number of halogens is 1. The van der Waals surface area contributed by atoms with Crippen molar-refractivity contribution in [3.63, 3.8) is 0 Å². The first kappa shape index (κ1) is 21.2. The standard InChI is InChI=1S/C22H21FN2O5/c1-13(2)18(24-19(26)14-7-9-15(23)10-8-14)22(29)30-12-11-25-20(27)16-5-3-4-6-17(16)21(25)28/h3-10,13,18H,11-12H2,1-2H3,(H,24,26)/t18-/m0/s1. The number of carbonyl (C=O) groups is 4. The van der Waals surface area contributed by atoms with E-state index < -0.39 is 35.5 Å². The van der Waals surface area contributed by atoms with Crippen molar-refractivity contribution in [2.75, 3.05) is 13.2 Å². The summed E-state index contributed by atoms with van der Waals surface area (Å²) in [5, 5.41) is 2.58. The van der Waals surface area contributed by atoms with E-state index in [0.29, 0.717) is 11.1 Å². The van der Waals surface area contributed by atoms with E-state index in [1.165, 1.54) is 12.1 Å². The zero-order valence-electron chi connectivity index (χ0n) is 16.6. The van der Waals surface area contributed by atoms with Crippen LogP contribution in [0.2, 0.25) is 0 Å². The number of hydrogen-bond donors (Lipinski definition) is 1. The van der Waals surface area contributed by atoms with Gasteiger partial charge in [0.2, 0.25) is 0 Å². The van der Waals surface area contributed by atoms with E-state index in [0.717, 1.165) is 17.0 Å². The first-order valence-corrected chi connectivity index (χ1v) is 9.48. The first-order chi connectivity index (χ1) is 14.3. The summed E-state index contributed by atoms with van der Waals surface area (Å²) in [5.74, 6) is -2.84. The lowest BCUT2D eigenvalue weighted by molar-refractivity contribution is -0.147. The van der Waals surface area contributed by atoms with Crippen LogP contribution in [0.15, 0.2) is 48.5 Å². The van der Waals surface area contributed by atoms with Gasteiger partial charge in [-0.25, -0.2) is 9.18 Å². The van der Waals surface area contributed by atoms with Gasteiger partial charge in [0, 0.05) is 5.56 Å². The van der Waals surface area contributed by atoms with Crippen molar-refractivity contribution in [3.8, 4) is 0 Å². The second-order valence-corrected chi connectivity index (χ2v) is 7.18. The molecule has 0 radical (unpaired) electrons. The summed E-state index contributed by atoms with van der Waals surface area (Å²) in [6.45, 7) is 3.19. The molecule has 30 heavy (non-hydrogen) atoms. The van der Waals surface area contributed by atoms with E-state index in [1.54, 1.807) is 38.1 Å². The molecule has 1 N–H and O–H groups in total. The van der Waals surface area contributed by atoms with E-state index >= 15 is 0 Å². The third-order valence-corrected chi connectivity index (χ3v) is 4.75. The number of amides is 3. The second kappa shape index (κ2) is 8.86. The SMILES string of the molecule is CC(C)[C@H](NC(=O)c1ccc(F)cc1)C(=O)OCCN1C(=O)c2ccccc2C1=O. The molecule has 0 aromatic heterocycles. The number of imide groups is 1. The van der Waals surface area contributed by atoms with Gasteiger partial charge in [-0.2, -0.15) is 0 Å². The van der Waals surface area contributed by atoms with Gasteiger partial charge in [0.1, 0.15) is 18.5 Å². The van der Waals surface area contributed by atoms with Crippen LogP contribution >= 0.6 is 0 Å². The normalized spacial score (nSPS) is 13.9. The van der Waals surface area contributed by atoms with Gasteiger partial charge < -0.3 is 10.1 Å². The highest BCUT2D eigenvalue weighted by molar-refractivity contribution is 6.21. The average molecular weight is 412 g/mol. The Labute approximate surface area is 172 Å². The average Bonchev–Trinajstić information content (AvgIpc) is 2.97. The number of carbonyl (C=O) groups excluding carboxylic acids is 4. The number of fused-ring (bicyclic) bond motifs is 1. The van der Waals surface area contributed by atoms with E-state index in [-0.39, 0.29) is 24.6 Å². The zero-order chi connectivity index (χ0) is 21.8. The molecule has 3 amide bonds. The summed E-state index contributed by atoms with van der Waals surface area (Å²) in [6, 6.07) is 10.5. The Balaban J connectivity index is 1.57. The molecule has 0 saturated carbocycles. The van der Waals surface area contributed by atoms with Gasteiger partial charge in [-0.3, -0.25) is 19.3 Å². The van der Waals surface area contributed by atoms with E-state index in [2.05, 4.69) is 5.32 Å². The molecule has 0 saturated heterocycles. The highest BCUT2D eigenvalue weighted by atomic mass is 19.1. The maximum Gasteiger partial charge on any atom is 0.328 e. The van der Waals surface area contributed by atoms with Gasteiger partial charge in [0.05, 0.1) is 17.7 Å². The molecule has 0 fully saturated rings. The Morgan fingerprint density at radius 1 is 1.00 bits per heavy atom. The molecule has 1 aliphatic heterocycles. The molecule has 1 heterocycles. The predicted molar refractivity (Wildman–Crippen MR) is 105 cm³/mol. The molecule has 156 valence electrons. The number of nitrogens with one attached hydrogen (secondary N) is 1. The largest absolute Gasteiger partial charge is 0.462 e. The Morgan fingerprint density at radius 2 is 1.57 bits per heavy atom. The maximum atomic E-state index is 13.0. The van der Waals surface area contributed by atoms with E-state index in [4.69, 9.17) is 4.74 Å². The summed E-state index contributed by atoms with van der Waals surface area (Å²) in [5.41, 5.74) is 0.849. The number of rotatable bonds is 7. The van der Waals surface area contributed by atoms with Crippen molar-refractivity contribution >= 4 is 23.7 Å². The smallest absolute Gasteiger partial charge is 0.328 e. The minimum Gasteiger partial charge on any atom is -0.462 e. The van der Waals surface area contributed by atoms with Crippen molar-refractivity contribution in [1.29, 1.82) is 0 Å². The number of hydrogen-bond acceptors (Lipinski definition) is 5. The monoisotopic (exact) mass is 412 g/mol. The van der Waals surface area contributed by atoms with Gasteiger partial charge >= 0.3 is 5.97 Å². The van der Waals surface area contributed by atoms with Gasteiger partial charge in [-0.15, -0.1) is 0 Å². The number of ether oxygens (including phenoxy) is 1. The van der Waals surface area contributed by atoms with Crippen molar-refractivity contribution in [3.05, 3.63) is 71.0 Å². The first-order valence-electron chi connectivity index (χ1n) is 9.48. The molecule has 0 unspecified atom stereocenters. The molecule has 7 nitrogen and oxygen atoms in total. The molecule has 3 rings (SSSR count). The number of nitrogens with zero attached hydrogens (tertiary/aromatic N) is 1. The van der Waals surface area contributed by atoms with Crippen molar-refractivity contribution in [2.24, 2.45) is 5.92 Å². The minimum atomic E-state index is -0.940. The highest BCUT2D eigenvalue weighted by Crippen LogP contribution is 2.22. The molecular formula is C22H21FN2O5. The Bertz CT molecular complexity index is 952. The topological polar surface area (TPSA) is 92.8 Å². The lowest BCUT2D eigenvalue weighted by Crippen LogP contribution is -2.46. The predicted octanol–water partition coefficient (Wildman–Crippen LogP) is 2.42. The van der Waals surface area contributed by atoms with Gasteiger partial charge in [0.25, 0.3) is 17.7 Å². The van der Waals surface area contributed by atoms with Crippen LogP contribution in [0.1, 0.15) is 44.9 Å². The molecule has 0 bridgehead atoms. The van der Waals surface area contributed by atoms with E-state index in [1.807, 2.05) is 0 Å². The quantitative estimate of drug-likeness (QED) is 0.557. The van der Waals surface area contributed by atoms with Crippen LogP contribution in [0.25, 0.3) is 0 Å². The summed E-state index contributed by atoms with van der Waals surface area (Å²) < 4.78 is 18.2. The second-order valence-electron chi connectivity index (χ2n) is 7.18. The van der Waals surface area contributed by atoms with Gasteiger partial charge in [-0.1, -0.05) is 26.0 Å². The summed E-state index contributed by atoms with van der Waals surface area (Å²) in [4.78, 5) is 50.5. The lowest BCUT2D eigenvalue weighted by Gasteiger charge is -2.21. The zero-order valence-corrected chi connectivity index (χ0v) is 16.6. The highest BCUT2D eigenvalue weighted by Gasteiger charge is 2.35. The molecule has 2 aromatic rings. The molecule has 1 aliphatic rings. The maximum absolute atomic E-state index is 13.0. The van der Waals surface area contributed by atoms with Crippen LogP contribution < -0.4 is 5.32 Å². The fourth-order valence-corrected chi connectivity index (χ4v) is 3.09. The van der Waals surface area contributed by atoms with E-state index in [9.17, 15) is 23.6 Å². The van der Waals surface area contributed by atoms with Crippen LogP contribution in [0, 0.1) is 11.7 Å². The molecule has 8 heteroatoms. The van der Waals surface area contributed by atoms with Crippen molar-refractivity contribution in [1.82, 2.24) is 10.2 Å². The van der Waals surface area contributed by atoms with Gasteiger partial charge in [-0.05, 0) is 42.3 Å². The molecule has 2 aromatic carbocycles. The summed E-state index contributed by atoms with van der Waals surface area (Å²) in [6.07, 6.45) is 0. The minimum absolute atomic E-state index is 0.0885. The van der Waals surface area contributed by atoms with Crippen LogP contribution in [-0.4, -0.2) is 47.8 Å². The lowest BCUT2D eigenvalue weighted by atomic mass is 10.0.